The fourth-order valence-electron chi connectivity index (χ4n) is 2.37. The molecule has 0 amide bonds. The maximum Gasteiger partial charge on any atom is 0.0164 e. The summed E-state index contributed by atoms with van der Waals surface area (Å²) in [4.78, 5) is 0. The third-order valence-corrected chi connectivity index (χ3v) is 4.09. The van der Waals surface area contributed by atoms with Crippen molar-refractivity contribution in [3.05, 3.63) is 35.9 Å². The summed E-state index contributed by atoms with van der Waals surface area (Å²) in [6.07, 6.45) is 3.91. The van der Waals surface area contributed by atoms with Crippen LogP contribution < -0.4 is 10.6 Å². The molecule has 1 fully saturated rings. The summed E-state index contributed by atoms with van der Waals surface area (Å²) in [5.74, 6) is 0. The molecule has 0 aliphatic heterocycles. The van der Waals surface area contributed by atoms with E-state index in [0.717, 1.165) is 19.1 Å². The van der Waals surface area contributed by atoms with Gasteiger partial charge in [0.05, 0.1) is 0 Å². The van der Waals surface area contributed by atoms with Crippen molar-refractivity contribution in [1.29, 1.82) is 0 Å². The van der Waals surface area contributed by atoms with Crippen molar-refractivity contribution in [3.63, 3.8) is 0 Å². The summed E-state index contributed by atoms with van der Waals surface area (Å²) in [5, 5.41) is 7.20. The van der Waals surface area contributed by atoms with Gasteiger partial charge in [0.2, 0.25) is 0 Å². The van der Waals surface area contributed by atoms with Crippen LogP contribution in [0.15, 0.2) is 30.3 Å². The zero-order chi connectivity index (χ0) is 13.7. The van der Waals surface area contributed by atoms with Crippen molar-refractivity contribution in [2.75, 3.05) is 13.1 Å². The summed E-state index contributed by atoms with van der Waals surface area (Å²) < 4.78 is 0. The molecule has 106 valence electrons. The van der Waals surface area contributed by atoms with Gasteiger partial charge in [-0.3, -0.25) is 0 Å². The number of hydrogen-bond acceptors (Lipinski definition) is 2. The van der Waals surface area contributed by atoms with Crippen LogP contribution in [0, 0.1) is 0 Å². The molecular weight excluding hydrogens is 232 g/mol. The monoisotopic (exact) mass is 260 g/mol. The molecule has 0 spiro atoms. The molecule has 1 aromatic rings. The first-order valence-corrected chi connectivity index (χ1v) is 7.60. The lowest BCUT2D eigenvalue weighted by atomic mass is 9.81. The van der Waals surface area contributed by atoms with Crippen LogP contribution in [0.25, 0.3) is 0 Å². The predicted octanol–water partition coefficient (Wildman–Crippen LogP) is 3.08. The molecule has 0 bridgehead atoms. The van der Waals surface area contributed by atoms with E-state index in [1.54, 1.807) is 0 Å². The van der Waals surface area contributed by atoms with E-state index in [9.17, 15) is 0 Å². The molecule has 19 heavy (non-hydrogen) atoms. The molecule has 2 heteroatoms. The second-order valence-corrected chi connectivity index (χ2v) is 6.54. The minimum atomic E-state index is 0.248. The Hall–Kier alpha value is -0.860. The van der Waals surface area contributed by atoms with Gasteiger partial charge in [-0.1, -0.05) is 44.2 Å². The highest BCUT2D eigenvalue weighted by atomic mass is 15.0. The molecule has 1 aliphatic rings. The third kappa shape index (κ3) is 4.96. The molecule has 0 radical (unpaired) electrons. The Labute approximate surface area is 118 Å². The second-order valence-electron chi connectivity index (χ2n) is 6.54. The quantitative estimate of drug-likeness (QED) is 0.750. The van der Waals surface area contributed by atoms with Gasteiger partial charge in [0.15, 0.2) is 0 Å². The molecular formula is C17H28N2. The Morgan fingerprint density at radius 2 is 1.89 bits per heavy atom. The molecule has 1 saturated carbocycles. The molecule has 2 N–H and O–H groups in total. The third-order valence-electron chi connectivity index (χ3n) is 4.09. The first-order valence-electron chi connectivity index (χ1n) is 7.60. The average Bonchev–Trinajstić information content (AvgIpc) is 3.21. The SMILES string of the molecule is CC(CNC1CC1)NCCC(C)(C)c1ccccc1. The predicted molar refractivity (Wildman–Crippen MR) is 82.6 cm³/mol. The van der Waals surface area contributed by atoms with E-state index in [1.807, 2.05) is 0 Å². The van der Waals surface area contributed by atoms with Crippen LogP contribution in [0.1, 0.15) is 45.6 Å². The largest absolute Gasteiger partial charge is 0.313 e. The van der Waals surface area contributed by atoms with Crippen LogP contribution in [0.5, 0.6) is 0 Å². The van der Waals surface area contributed by atoms with Crippen LogP contribution in [-0.2, 0) is 5.41 Å². The lowest BCUT2D eigenvalue weighted by Gasteiger charge is -2.26. The molecule has 1 unspecified atom stereocenters. The average molecular weight is 260 g/mol. The second kappa shape index (κ2) is 6.53. The van der Waals surface area contributed by atoms with Gasteiger partial charge in [-0.2, -0.15) is 0 Å². The van der Waals surface area contributed by atoms with Crippen LogP contribution in [0.2, 0.25) is 0 Å². The van der Waals surface area contributed by atoms with Crippen molar-refractivity contribution in [3.8, 4) is 0 Å². The van der Waals surface area contributed by atoms with E-state index in [4.69, 9.17) is 0 Å². The van der Waals surface area contributed by atoms with Gasteiger partial charge in [0.25, 0.3) is 0 Å². The summed E-state index contributed by atoms with van der Waals surface area (Å²) in [7, 11) is 0. The lowest BCUT2D eigenvalue weighted by molar-refractivity contribution is 0.423. The van der Waals surface area contributed by atoms with Crippen LogP contribution in [-0.4, -0.2) is 25.2 Å². The van der Waals surface area contributed by atoms with Crippen molar-refractivity contribution < 1.29 is 0 Å². The molecule has 1 aromatic carbocycles. The Morgan fingerprint density at radius 3 is 2.53 bits per heavy atom. The molecule has 1 aliphatic carbocycles. The Kier molecular flexibility index (Phi) is 5.00. The number of nitrogens with one attached hydrogen (secondary N) is 2. The molecule has 2 nitrogen and oxygen atoms in total. The van der Waals surface area contributed by atoms with Gasteiger partial charge in [0.1, 0.15) is 0 Å². The minimum absolute atomic E-state index is 0.248. The van der Waals surface area contributed by atoms with E-state index in [-0.39, 0.29) is 5.41 Å². The van der Waals surface area contributed by atoms with Crippen molar-refractivity contribution in [2.45, 2.75) is 57.5 Å². The summed E-state index contributed by atoms with van der Waals surface area (Å²) in [6.45, 7) is 9.10. The Balaban J connectivity index is 1.68. The molecule has 1 atom stereocenters. The van der Waals surface area contributed by atoms with Crippen LogP contribution in [0.4, 0.5) is 0 Å². The summed E-state index contributed by atoms with van der Waals surface area (Å²) in [6, 6.07) is 12.2. The molecule has 0 aromatic heterocycles. The van der Waals surface area contributed by atoms with E-state index < -0.39 is 0 Å². The standard InChI is InChI=1S/C17H28N2/c1-14(13-19-16-9-10-16)18-12-11-17(2,3)15-7-5-4-6-8-15/h4-8,14,16,18-19H,9-13H2,1-3H3. The van der Waals surface area contributed by atoms with E-state index in [1.165, 1.54) is 24.8 Å². The van der Waals surface area contributed by atoms with E-state index in [0.29, 0.717) is 6.04 Å². The maximum atomic E-state index is 3.63. The zero-order valence-corrected chi connectivity index (χ0v) is 12.6. The first kappa shape index (κ1) is 14.5. The molecule has 2 rings (SSSR count). The van der Waals surface area contributed by atoms with Gasteiger partial charge in [-0.25, -0.2) is 0 Å². The Bertz CT molecular complexity index is 368. The fraction of sp³-hybridized carbons (Fsp3) is 0.647. The number of rotatable bonds is 8. The highest BCUT2D eigenvalue weighted by Gasteiger charge is 2.22. The highest BCUT2D eigenvalue weighted by Crippen LogP contribution is 2.26. The number of benzene rings is 1. The number of hydrogen-bond donors (Lipinski definition) is 2. The fourth-order valence-corrected chi connectivity index (χ4v) is 2.37. The van der Waals surface area contributed by atoms with Crippen molar-refractivity contribution in [1.82, 2.24) is 10.6 Å². The van der Waals surface area contributed by atoms with E-state index >= 15 is 0 Å². The van der Waals surface area contributed by atoms with Crippen molar-refractivity contribution >= 4 is 0 Å². The summed E-state index contributed by atoms with van der Waals surface area (Å²) in [5.41, 5.74) is 1.68. The van der Waals surface area contributed by atoms with Gasteiger partial charge in [0, 0.05) is 18.6 Å². The van der Waals surface area contributed by atoms with Crippen LogP contribution >= 0.6 is 0 Å². The topological polar surface area (TPSA) is 24.1 Å². The first-order chi connectivity index (χ1) is 9.08. The Morgan fingerprint density at radius 1 is 1.21 bits per heavy atom. The van der Waals surface area contributed by atoms with Crippen LogP contribution in [0.3, 0.4) is 0 Å². The lowest BCUT2D eigenvalue weighted by Crippen LogP contribution is -2.39. The smallest absolute Gasteiger partial charge is 0.0164 e. The van der Waals surface area contributed by atoms with Gasteiger partial charge in [-0.15, -0.1) is 0 Å². The molecule has 0 heterocycles. The zero-order valence-electron chi connectivity index (χ0n) is 12.6. The summed E-state index contributed by atoms with van der Waals surface area (Å²) >= 11 is 0. The molecule has 0 saturated heterocycles. The van der Waals surface area contributed by atoms with Gasteiger partial charge < -0.3 is 10.6 Å². The van der Waals surface area contributed by atoms with Gasteiger partial charge in [-0.05, 0) is 43.7 Å². The van der Waals surface area contributed by atoms with Gasteiger partial charge >= 0.3 is 0 Å². The highest BCUT2D eigenvalue weighted by molar-refractivity contribution is 5.23. The normalized spacial score (nSPS) is 17.4. The van der Waals surface area contributed by atoms with Crippen molar-refractivity contribution in [2.24, 2.45) is 0 Å². The minimum Gasteiger partial charge on any atom is -0.313 e. The van der Waals surface area contributed by atoms with E-state index in [2.05, 4.69) is 61.7 Å². The maximum absolute atomic E-state index is 3.63.